The van der Waals surface area contributed by atoms with Gasteiger partial charge in [0.15, 0.2) is 5.78 Å². The van der Waals surface area contributed by atoms with Gasteiger partial charge in [-0.05, 0) is 52.6 Å². The zero-order valence-electron chi connectivity index (χ0n) is 16.2. The second-order valence-corrected chi connectivity index (χ2v) is 7.63. The Balaban J connectivity index is 2.39. The van der Waals surface area contributed by atoms with Gasteiger partial charge in [0, 0.05) is 12.0 Å². The topological polar surface area (TPSA) is 61.8 Å². The van der Waals surface area contributed by atoms with Gasteiger partial charge in [-0.3, -0.25) is 9.59 Å². The maximum atomic E-state index is 12.8. The molecule has 5 nitrogen and oxygen atoms in total. The molecule has 1 fully saturated rings. The largest absolute Gasteiger partial charge is 0.495 e. The average Bonchev–Trinajstić information content (AvgIpc) is 2.71. The number of ketones is 1. The van der Waals surface area contributed by atoms with Gasteiger partial charge in [-0.2, -0.15) is 0 Å². The summed E-state index contributed by atoms with van der Waals surface area (Å²) in [4.78, 5) is 24.2. The molecule has 0 aromatic heterocycles. The smallest absolute Gasteiger partial charge is 0.469 e. The van der Waals surface area contributed by atoms with Crippen molar-refractivity contribution in [2.45, 2.75) is 65.6 Å². The van der Waals surface area contributed by atoms with Crippen LogP contribution in [0.3, 0.4) is 0 Å². The van der Waals surface area contributed by atoms with Crippen LogP contribution in [-0.2, 0) is 18.8 Å². The van der Waals surface area contributed by atoms with E-state index in [2.05, 4.69) is 4.74 Å². The number of methoxy groups -OCH3 is 1. The van der Waals surface area contributed by atoms with Gasteiger partial charge >= 0.3 is 13.1 Å². The predicted molar refractivity (Wildman–Crippen MR) is 97.2 cm³/mol. The molecule has 0 unspecified atom stereocenters. The normalized spacial score (nSPS) is 18.3. The molecule has 0 aliphatic carbocycles. The SMILES string of the molecule is COC(=O)CCC(=O)c1c(C)cc(C)cc1B1OC(C)(C)C(C)(C)O1. The Kier molecular flexibility index (Phi) is 5.45. The van der Waals surface area contributed by atoms with Crippen molar-refractivity contribution < 1.29 is 23.6 Å². The minimum atomic E-state index is -0.610. The first-order valence-electron chi connectivity index (χ1n) is 8.55. The predicted octanol–water partition coefficient (Wildman–Crippen LogP) is 2.74. The van der Waals surface area contributed by atoms with Crippen LogP contribution in [0.25, 0.3) is 0 Å². The van der Waals surface area contributed by atoms with Gasteiger partial charge < -0.3 is 14.0 Å². The van der Waals surface area contributed by atoms with E-state index in [4.69, 9.17) is 9.31 Å². The van der Waals surface area contributed by atoms with E-state index >= 15 is 0 Å². The van der Waals surface area contributed by atoms with Crippen LogP contribution in [0.5, 0.6) is 0 Å². The van der Waals surface area contributed by atoms with Crippen molar-refractivity contribution in [3.8, 4) is 0 Å². The number of hydrogen-bond acceptors (Lipinski definition) is 5. The summed E-state index contributed by atoms with van der Waals surface area (Å²) in [5, 5.41) is 0. The van der Waals surface area contributed by atoms with E-state index < -0.39 is 24.3 Å². The van der Waals surface area contributed by atoms with E-state index in [1.165, 1.54) is 7.11 Å². The highest BCUT2D eigenvalue weighted by Gasteiger charge is 2.52. The Morgan fingerprint density at radius 1 is 1.04 bits per heavy atom. The summed E-state index contributed by atoms with van der Waals surface area (Å²) in [6.07, 6.45) is 0.161. The molecule has 0 amide bonds. The third-order valence-corrected chi connectivity index (χ3v) is 5.08. The van der Waals surface area contributed by atoms with E-state index in [1.54, 1.807) is 0 Å². The van der Waals surface area contributed by atoms with Gasteiger partial charge in [0.2, 0.25) is 0 Å². The third-order valence-electron chi connectivity index (χ3n) is 5.08. The summed E-state index contributed by atoms with van der Waals surface area (Å²) in [6.45, 7) is 11.8. The number of carbonyl (C=O) groups excluding carboxylic acids is 2. The Bertz CT molecular complexity index is 677. The van der Waals surface area contributed by atoms with Crippen LogP contribution in [0.1, 0.15) is 62.0 Å². The molecule has 0 N–H and O–H groups in total. The Hall–Kier alpha value is -1.66. The average molecular weight is 346 g/mol. The second kappa shape index (κ2) is 6.92. The molecule has 1 aromatic carbocycles. The Morgan fingerprint density at radius 2 is 1.60 bits per heavy atom. The molecular weight excluding hydrogens is 319 g/mol. The molecule has 2 rings (SSSR count). The van der Waals surface area contributed by atoms with Crippen molar-refractivity contribution in [1.82, 2.24) is 0 Å². The summed E-state index contributed by atoms with van der Waals surface area (Å²) in [7, 11) is 0.709. The minimum absolute atomic E-state index is 0.0610. The van der Waals surface area contributed by atoms with Crippen molar-refractivity contribution in [3.63, 3.8) is 0 Å². The van der Waals surface area contributed by atoms with Crippen LogP contribution < -0.4 is 5.46 Å². The Morgan fingerprint density at radius 3 is 2.12 bits per heavy atom. The summed E-state index contributed by atoms with van der Waals surface area (Å²) < 4.78 is 16.9. The highest BCUT2D eigenvalue weighted by molar-refractivity contribution is 6.63. The van der Waals surface area contributed by atoms with Crippen molar-refractivity contribution in [2.24, 2.45) is 0 Å². The van der Waals surface area contributed by atoms with E-state index in [1.807, 2.05) is 53.7 Å². The first-order chi connectivity index (χ1) is 11.5. The Labute approximate surface area is 150 Å². The number of rotatable bonds is 5. The first kappa shape index (κ1) is 19.7. The standard InChI is InChI=1S/C19H27BO5/c1-12-10-13(2)17(15(21)8-9-16(22)23-7)14(11-12)20-24-18(3,4)19(5,6)25-20/h10-11H,8-9H2,1-7H3. The summed E-state index contributed by atoms with van der Waals surface area (Å²) in [5.41, 5.74) is 2.23. The van der Waals surface area contributed by atoms with E-state index in [-0.39, 0.29) is 18.6 Å². The van der Waals surface area contributed by atoms with E-state index in [0.717, 1.165) is 16.6 Å². The quantitative estimate of drug-likeness (QED) is 0.466. The minimum Gasteiger partial charge on any atom is -0.469 e. The number of Topliss-reactive ketones (excluding diaryl/α,β-unsaturated/α-hetero) is 1. The molecule has 136 valence electrons. The molecule has 1 aromatic rings. The molecule has 0 saturated carbocycles. The number of hydrogen-bond donors (Lipinski definition) is 0. The number of esters is 1. The lowest BCUT2D eigenvalue weighted by atomic mass is 9.72. The lowest BCUT2D eigenvalue weighted by molar-refractivity contribution is -0.140. The maximum Gasteiger partial charge on any atom is 0.495 e. The van der Waals surface area contributed by atoms with Crippen LogP contribution in [-0.4, -0.2) is 37.2 Å². The number of aryl methyl sites for hydroxylation is 2. The molecule has 6 heteroatoms. The highest BCUT2D eigenvalue weighted by Crippen LogP contribution is 2.37. The van der Waals surface area contributed by atoms with Crippen LogP contribution in [0.2, 0.25) is 0 Å². The molecule has 0 spiro atoms. The summed E-state index contributed by atoms with van der Waals surface area (Å²) >= 11 is 0. The van der Waals surface area contributed by atoms with Gasteiger partial charge in [-0.1, -0.05) is 17.7 Å². The molecule has 0 atom stereocenters. The molecule has 1 heterocycles. The van der Waals surface area contributed by atoms with Crippen LogP contribution >= 0.6 is 0 Å². The van der Waals surface area contributed by atoms with Crippen molar-refractivity contribution in [1.29, 1.82) is 0 Å². The lowest BCUT2D eigenvalue weighted by Gasteiger charge is -2.32. The van der Waals surface area contributed by atoms with Gasteiger partial charge in [-0.15, -0.1) is 0 Å². The monoisotopic (exact) mass is 346 g/mol. The fourth-order valence-electron chi connectivity index (χ4n) is 2.98. The molecule has 1 aliphatic heterocycles. The molecule has 1 saturated heterocycles. The zero-order chi connectivity index (χ0) is 19.0. The molecule has 1 aliphatic rings. The third kappa shape index (κ3) is 3.96. The lowest BCUT2D eigenvalue weighted by Crippen LogP contribution is -2.41. The molecule has 0 radical (unpaired) electrons. The van der Waals surface area contributed by atoms with Gasteiger partial charge in [0.25, 0.3) is 0 Å². The highest BCUT2D eigenvalue weighted by atomic mass is 16.7. The first-order valence-corrected chi connectivity index (χ1v) is 8.55. The second-order valence-electron chi connectivity index (χ2n) is 7.63. The van der Waals surface area contributed by atoms with Crippen molar-refractivity contribution >= 4 is 24.3 Å². The van der Waals surface area contributed by atoms with Gasteiger partial charge in [0.05, 0.1) is 24.7 Å². The fraction of sp³-hybridized carbons (Fsp3) is 0.579. The molecule has 0 bridgehead atoms. The number of ether oxygens (including phenoxy) is 1. The van der Waals surface area contributed by atoms with Crippen LogP contribution in [0.15, 0.2) is 12.1 Å². The van der Waals surface area contributed by atoms with Crippen LogP contribution in [0, 0.1) is 13.8 Å². The molecular formula is C19H27BO5. The van der Waals surface area contributed by atoms with Crippen molar-refractivity contribution in [2.75, 3.05) is 7.11 Å². The number of carbonyl (C=O) groups is 2. The van der Waals surface area contributed by atoms with E-state index in [0.29, 0.717) is 5.56 Å². The van der Waals surface area contributed by atoms with Crippen molar-refractivity contribution in [3.05, 3.63) is 28.8 Å². The van der Waals surface area contributed by atoms with Gasteiger partial charge in [-0.25, -0.2) is 0 Å². The fourth-order valence-corrected chi connectivity index (χ4v) is 2.98. The summed E-state index contributed by atoms with van der Waals surface area (Å²) in [6, 6.07) is 3.89. The zero-order valence-corrected chi connectivity index (χ0v) is 16.2. The molecule has 25 heavy (non-hydrogen) atoms. The van der Waals surface area contributed by atoms with E-state index in [9.17, 15) is 9.59 Å². The maximum absolute atomic E-state index is 12.8. The number of benzene rings is 1. The van der Waals surface area contributed by atoms with Gasteiger partial charge in [0.1, 0.15) is 0 Å². The summed E-state index contributed by atoms with van der Waals surface area (Å²) in [5.74, 6) is -0.497. The van der Waals surface area contributed by atoms with Crippen LogP contribution in [0.4, 0.5) is 0 Å².